The fourth-order valence-corrected chi connectivity index (χ4v) is 2.68. The lowest BCUT2D eigenvalue weighted by Gasteiger charge is -2.42. The van der Waals surface area contributed by atoms with Gasteiger partial charge >= 0.3 is 5.97 Å². The largest absolute Gasteiger partial charge is 0.463 e. The van der Waals surface area contributed by atoms with E-state index in [9.17, 15) is 24.9 Å². The second kappa shape index (κ2) is 7.58. The van der Waals surface area contributed by atoms with Gasteiger partial charge < -0.3 is 34.8 Å². The van der Waals surface area contributed by atoms with Crippen molar-refractivity contribution >= 4 is 11.9 Å². The molecule has 0 spiro atoms. The topological polar surface area (TPSA) is 135 Å². The third-order valence-corrected chi connectivity index (χ3v) is 4.07. The summed E-state index contributed by atoms with van der Waals surface area (Å²) in [5, 5.41) is 31.9. The van der Waals surface area contributed by atoms with Crippen LogP contribution in [-0.4, -0.2) is 70.6 Å². The standard InChI is InChI=1S/C15H23NO8/c1-4-22-9(17)5-8-10(14(21)16-8)6(2)23-15-13(20)12(19)11(18)7(3)24-15/h5-7,10-13,15,18-20H,4H2,1-3H3,(H,16,21)/b8-5-/t6-,7+,10-,11-,12-,13+,15-/m1/s1. The van der Waals surface area contributed by atoms with E-state index in [0.717, 1.165) is 0 Å². The van der Waals surface area contributed by atoms with E-state index in [1.54, 1.807) is 13.8 Å². The zero-order chi connectivity index (χ0) is 18.0. The number of carbonyl (C=O) groups is 2. The fraction of sp³-hybridized carbons (Fsp3) is 0.733. The molecule has 0 radical (unpaired) electrons. The number of ether oxygens (including phenoxy) is 3. The minimum absolute atomic E-state index is 0.216. The maximum absolute atomic E-state index is 11.7. The SMILES string of the molecule is CCOC(=O)/C=C1\NC(=O)[C@@H]1[C@@H](C)O[C@@H]1O[C@@H](C)[C@@H](O)[C@@H](O)[C@@H]1O. The normalized spacial score (nSPS) is 39.1. The summed E-state index contributed by atoms with van der Waals surface area (Å²) in [6.45, 7) is 5.00. The third kappa shape index (κ3) is 3.76. The van der Waals surface area contributed by atoms with Gasteiger partial charge in [0.05, 0.1) is 18.8 Å². The molecule has 0 aromatic carbocycles. The lowest BCUT2D eigenvalue weighted by atomic mass is 9.90. The van der Waals surface area contributed by atoms with Gasteiger partial charge in [0.2, 0.25) is 5.91 Å². The molecule has 0 unspecified atom stereocenters. The number of aliphatic hydroxyl groups excluding tert-OH is 3. The number of esters is 1. The Kier molecular flexibility index (Phi) is 5.94. The molecule has 0 saturated carbocycles. The molecule has 2 aliphatic heterocycles. The van der Waals surface area contributed by atoms with Crippen LogP contribution < -0.4 is 5.32 Å². The summed E-state index contributed by atoms with van der Waals surface area (Å²) in [4.78, 5) is 23.2. The van der Waals surface area contributed by atoms with Gasteiger partial charge in [-0.05, 0) is 20.8 Å². The minimum Gasteiger partial charge on any atom is -0.463 e. The van der Waals surface area contributed by atoms with E-state index in [1.165, 1.54) is 13.0 Å². The first-order chi connectivity index (χ1) is 11.3. The number of hydrogen-bond acceptors (Lipinski definition) is 8. The summed E-state index contributed by atoms with van der Waals surface area (Å²) >= 11 is 0. The summed E-state index contributed by atoms with van der Waals surface area (Å²) in [5.41, 5.74) is 0.352. The van der Waals surface area contributed by atoms with Crippen molar-refractivity contribution < 1.29 is 39.1 Å². The first-order valence-electron chi connectivity index (χ1n) is 7.80. The van der Waals surface area contributed by atoms with Gasteiger partial charge in [-0.1, -0.05) is 0 Å². The molecular weight excluding hydrogens is 322 g/mol. The highest BCUT2D eigenvalue weighted by Gasteiger charge is 2.46. The van der Waals surface area contributed by atoms with Crippen LogP contribution in [0.15, 0.2) is 11.8 Å². The van der Waals surface area contributed by atoms with E-state index in [4.69, 9.17) is 14.2 Å². The second-order valence-electron chi connectivity index (χ2n) is 5.84. The number of carbonyl (C=O) groups excluding carboxylic acids is 2. The number of amides is 1. The quantitative estimate of drug-likeness (QED) is 0.266. The molecule has 0 bridgehead atoms. The van der Waals surface area contributed by atoms with Crippen molar-refractivity contribution in [3.05, 3.63) is 11.8 Å². The number of rotatable bonds is 5. The van der Waals surface area contributed by atoms with E-state index >= 15 is 0 Å². The Hall–Kier alpha value is -1.52. The van der Waals surface area contributed by atoms with E-state index < -0.39 is 48.7 Å². The molecule has 2 rings (SSSR count). The summed E-state index contributed by atoms with van der Waals surface area (Å²) < 4.78 is 15.7. The van der Waals surface area contributed by atoms with Crippen molar-refractivity contribution in [2.24, 2.45) is 5.92 Å². The van der Waals surface area contributed by atoms with E-state index in [1.807, 2.05) is 0 Å². The Labute approximate surface area is 139 Å². The van der Waals surface area contributed by atoms with Crippen molar-refractivity contribution in [3.63, 3.8) is 0 Å². The number of nitrogens with one attached hydrogen (secondary N) is 1. The Bertz CT molecular complexity index is 522. The summed E-state index contributed by atoms with van der Waals surface area (Å²) in [6.07, 6.45) is -5.62. The smallest absolute Gasteiger partial charge is 0.332 e. The van der Waals surface area contributed by atoms with Crippen molar-refractivity contribution in [2.75, 3.05) is 6.61 Å². The number of aliphatic hydroxyl groups is 3. The van der Waals surface area contributed by atoms with Gasteiger partial charge in [-0.2, -0.15) is 0 Å². The fourth-order valence-electron chi connectivity index (χ4n) is 2.68. The molecule has 2 fully saturated rings. The zero-order valence-electron chi connectivity index (χ0n) is 13.7. The summed E-state index contributed by atoms with van der Waals surface area (Å²) in [6, 6.07) is 0. The first kappa shape index (κ1) is 18.8. The lowest BCUT2D eigenvalue weighted by Crippen LogP contribution is -2.59. The number of β-lactam (4-membered cyclic amide) rings is 1. The van der Waals surface area contributed by atoms with Crippen LogP contribution in [0.25, 0.3) is 0 Å². The monoisotopic (exact) mass is 345 g/mol. The Morgan fingerprint density at radius 1 is 1.33 bits per heavy atom. The molecule has 24 heavy (non-hydrogen) atoms. The molecule has 9 heteroatoms. The molecule has 2 saturated heterocycles. The van der Waals surface area contributed by atoms with Crippen LogP contribution in [0.5, 0.6) is 0 Å². The minimum atomic E-state index is -1.46. The predicted octanol–water partition coefficient (Wildman–Crippen LogP) is -1.59. The average molecular weight is 345 g/mol. The molecule has 2 aliphatic rings. The summed E-state index contributed by atoms with van der Waals surface area (Å²) in [7, 11) is 0. The second-order valence-corrected chi connectivity index (χ2v) is 5.84. The van der Waals surface area contributed by atoms with E-state index in [0.29, 0.717) is 5.70 Å². The van der Waals surface area contributed by atoms with Crippen LogP contribution in [-0.2, 0) is 23.8 Å². The zero-order valence-corrected chi connectivity index (χ0v) is 13.7. The van der Waals surface area contributed by atoms with Crippen LogP contribution in [0.3, 0.4) is 0 Å². The van der Waals surface area contributed by atoms with Crippen LogP contribution >= 0.6 is 0 Å². The highest BCUT2D eigenvalue weighted by Crippen LogP contribution is 2.29. The maximum atomic E-state index is 11.7. The molecule has 9 nitrogen and oxygen atoms in total. The van der Waals surface area contributed by atoms with Gasteiger partial charge in [-0.15, -0.1) is 0 Å². The van der Waals surface area contributed by atoms with Gasteiger partial charge in [-0.25, -0.2) is 4.79 Å². The molecule has 1 amide bonds. The third-order valence-electron chi connectivity index (χ3n) is 4.07. The van der Waals surface area contributed by atoms with Crippen LogP contribution in [0.4, 0.5) is 0 Å². The maximum Gasteiger partial charge on any atom is 0.332 e. The van der Waals surface area contributed by atoms with Crippen molar-refractivity contribution in [2.45, 2.75) is 57.6 Å². The average Bonchev–Trinajstić information content (AvgIpc) is 2.50. The lowest BCUT2D eigenvalue weighted by molar-refractivity contribution is -0.305. The van der Waals surface area contributed by atoms with Crippen LogP contribution in [0, 0.1) is 5.92 Å². The molecule has 7 atom stereocenters. The van der Waals surface area contributed by atoms with Gasteiger partial charge in [0, 0.05) is 11.8 Å². The molecule has 2 heterocycles. The molecule has 4 N–H and O–H groups in total. The first-order valence-corrected chi connectivity index (χ1v) is 7.80. The van der Waals surface area contributed by atoms with Crippen LogP contribution in [0.2, 0.25) is 0 Å². The van der Waals surface area contributed by atoms with Gasteiger partial charge in [-0.3, -0.25) is 4.79 Å². The highest BCUT2D eigenvalue weighted by molar-refractivity contribution is 5.95. The molecule has 0 aromatic heterocycles. The highest BCUT2D eigenvalue weighted by atomic mass is 16.7. The van der Waals surface area contributed by atoms with E-state index in [-0.39, 0.29) is 12.5 Å². The van der Waals surface area contributed by atoms with Gasteiger partial charge in [0.1, 0.15) is 24.2 Å². The Morgan fingerprint density at radius 2 is 2.00 bits per heavy atom. The van der Waals surface area contributed by atoms with Crippen molar-refractivity contribution in [3.8, 4) is 0 Å². The van der Waals surface area contributed by atoms with Crippen LogP contribution in [0.1, 0.15) is 20.8 Å². The van der Waals surface area contributed by atoms with E-state index in [2.05, 4.69) is 5.32 Å². The molecule has 0 aliphatic carbocycles. The molecule has 136 valence electrons. The van der Waals surface area contributed by atoms with Crippen molar-refractivity contribution in [1.29, 1.82) is 0 Å². The van der Waals surface area contributed by atoms with Gasteiger partial charge in [0.25, 0.3) is 0 Å². The Balaban J connectivity index is 2.01. The molecule has 0 aromatic rings. The van der Waals surface area contributed by atoms with Crippen molar-refractivity contribution in [1.82, 2.24) is 5.32 Å². The van der Waals surface area contributed by atoms with Gasteiger partial charge in [0.15, 0.2) is 6.29 Å². The molecular formula is C15H23NO8. The Morgan fingerprint density at radius 3 is 2.58 bits per heavy atom. The number of hydrogen-bond donors (Lipinski definition) is 4. The summed E-state index contributed by atoms with van der Waals surface area (Å²) in [5.74, 6) is -1.65. The predicted molar refractivity (Wildman–Crippen MR) is 79.3 cm³/mol.